The SMILES string of the molecule is CC=N/C(=C\C)CCNc1nc(C)c2ncn(C3CCC(C)C3)c2n1. The minimum absolute atomic E-state index is 0.510. The minimum Gasteiger partial charge on any atom is -0.354 e. The molecule has 1 N–H and O–H groups in total. The molecule has 134 valence electrons. The van der Waals surface area contributed by atoms with Crippen molar-refractivity contribution in [3.63, 3.8) is 0 Å². The Balaban J connectivity index is 1.78. The number of allylic oxidation sites excluding steroid dienone is 1. The Bertz CT molecular complexity index is 789. The standard InChI is InChI=1S/C19H28N6/c1-5-15(20-6-2)9-10-21-19-23-14(4)17-18(24-19)25(12-22-17)16-8-7-13(3)11-16/h5-6,12-13,16H,7-11H2,1-4H3,(H,21,23,24)/b15-5-,20-6?. The van der Waals surface area contributed by atoms with Gasteiger partial charge in [-0.15, -0.1) is 0 Å². The highest BCUT2D eigenvalue weighted by atomic mass is 15.2. The van der Waals surface area contributed by atoms with Gasteiger partial charge in [0.05, 0.1) is 12.0 Å². The zero-order valence-electron chi connectivity index (χ0n) is 15.7. The van der Waals surface area contributed by atoms with Gasteiger partial charge in [0.1, 0.15) is 5.52 Å². The van der Waals surface area contributed by atoms with E-state index in [1.165, 1.54) is 19.3 Å². The zero-order valence-corrected chi connectivity index (χ0v) is 15.7. The van der Waals surface area contributed by atoms with Crippen LogP contribution in [0.1, 0.15) is 58.2 Å². The van der Waals surface area contributed by atoms with Gasteiger partial charge in [-0.05, 0) is 46.0 Å². The molecule has 3 rings (SSSR count). The molecule has 6 nitrogen and oxygen atoms in total. The Kier molecular flexibility index (Phi) is 5.46. The van der Waals surface area contributed by atoms with Crippen LogP contribution >= 0.6 is 0 Å². The summed E-state index contributed by atoms with van der Waals surface area (Å²) in [5.74, 6) is 1.45. The molecule has 6 heteroatoms. The summed E-state index contributed by atoms with van der Waals surface area (Å²) in [5.41, 5.74) is 3.86. The lowest BCUT2D eigenvalue weighted by Crippen LogP contribution is -2.09. The predicted molar refractivity (Wildman–Crippen MR) is 103 cm³/mol. The first-order valence-electron chi connectivity index (χ1n) is 9.21. The first kappa shape index (κ1) is 17.6. The van der Waals surface area contributed by atoms with Crippen LogP contribution in [0.3, 0.4) is 0 Å². The van der Waals surface area contributed by atoms with Crippen LogP contribution in [-0.2, 0) is 0 Å². The van der Waals surface area contributed by atoms with Gasteiger partial charge in [-0.1, -0.05) is 13.0 Å². The molecular weight excluding hydrogens is 312 g/mol. The van der Waals surface area contributed by atoms with Crippen molar-refractivity contribution in [3.05, 3.63) is 23.8 Å². The second-order valence-corrected chi connectivity index (χ2v) is 6.87. The van der Waals surface area contributed by atoms with E-state index in [0.717, 1.165) is 41.4 Å². The Labute approximate surface area is 149 Å². The largest absolute Gasteiger partial charge is 0.354 e. The number of rotatable bonds is 6. The highest BCUT2D eigenvalue weighted by molar-refractivity contribution is 5.74. The van der Waals surface area contributed by atoms with E-state index in [9.17, 15) is 0 Å². The lowest BCUT2D eigenvalue weighted by Gasteiger charge is -2.13. The van der Waals surface area contributed by atoms with Crippen molar-refractivity contribution in [1.29, 1.82) is 0 Å². The lowest BCUT2D eigenvalue weighted by molar-refractivity contribution is 0.502. The smallest absolute Gasteiger partial charge is 0.225 e. The summed E-state index contributed by atoms with van der Waals surface area (Å²) < 4.78 is 2.25. The van der Waals surface area contributed by atoms with Gasteiger partial charge in [-0.3, -0.25) is 4.99 Å². The van der Waals surface area contributed by atoms with Crippen molar-refractivity contribution in [2.45, 2.75) is 59.4 Å². The van der Waals surface area contributed by atoms with Crippen molar-refractivity contribution >= 4 is 23.3 Å². The molecule has 2 heterocycles. The number of fused-ring (bicyclic) bond motifs is 1. The van der Waals surface area contributed by atoms with Gasteiger partial charge < -0.3 is 9.88 Å². The van der Waals surface area contributed by atoms with Crippen molar-refractivity contribution < 1.29 is 0 Å². The summed E-state index contributed by atoms with van der Waals surface area (Å²) in [6.07, 6.45) is 10.3. The maximum absolute atomic E-state index is 4.75. The zero-order chi connectivity index (χ0) is 17.8. The molecule has 2 aromatic heterocycles. The molecule has 1 aliphatic carbocycles. The second-order valence-electron chi connectivity index (χ2n) is 6.87. The molecule has 1 aliphatic rings. The fraction of sp³-hybridized carbons (Fsp3) is 0.579. The van der Waals surface area contributed by atoms with Crippen LogP contribution in [0, 0.1) is 12.8 Å². The highest BCUT2D eigenvalue weighted by Gasteiger charge is 2.25. The van der Waals surface area contributed by atoms with Crippen LogP contribution in [0.2, 0.25) is 0 Å². The molecule has 0 aliphatic heterocycles. The van der Waals surface area contributed by atoms with Crippen molar-refractivity contribution in [2.24, 2.45) is 10.9 Å². The van der Waals surface area contributed by atoms with Crippen molar-refractivity contribution in [1.82, 2.24) is 19.5 Å². The Morgan fingerprint density at radius 3 is 2.88 bits per heavy atom. The number of anilines is 1. The summed E-state index contributed by atoms with van der Waals surface area (Å²) in [6, 6.07) is 0.510. The Hall–Kier alpha value is -2.24. The van der Waals surface area contributed by atoms with Crippen LogP contribution in [0.4, 0.5) is 5.95 Å². The van der Waals surface area contributed by atoms with E-state index in [4.69, 9.17) is 4.98 Å². The van der Waals surface area contributed by atoms with Crippen LogP contribution in [0.5, 0.6) is 0 Å². The van der Waals surface area contributed by atoms with Gasteiger partial charge in [0.2, 0.25) is 5.95 Å². The number of imidazole rings is 1. The highest BCUT2D eigenvalue weighted by Crippen LogP contribution is 2.35. The van der Waals surface area contributed by atoms with E-state index in [1.807, 2.05) is 39.4 Å². The van der Waals surface area contributed by atoms with Gasteiger partial charge >= 0.3 is 0 Å². The molecule has 2 atom stereocenters. The minimum atomic E-state index is 0.510. The van der Waals surface area contributed by atoms with E-state index >= 15 is 0 Å². The molecule has 1 saturated carbocycles. The lowest BCUT2D eigenvalue weighted by atomic mass is 10.1. The maximum atomic E-state index is 4.75. The molecular formula is C19H28N6. The number of aliphatic imine (C=N–C) groups is 1. The van der Waals surface area contributed by atoms with Gasteiger partial charge in [0.25, 0.3) is 0 Å². The van der Waals surface area contributed by atoms with E-state index in [0.29, 0.717) is 12.0 Å². The van der Waals surface area contributed by atoms with E-state index in [2.05, 4.69) is 31.8 Å². The van der Waals surface area contributed by atoms with E-state index < -0.39 is 0 Å². The monoisotopic (exact) mass is 340 g/mol. The third-order valence-corrected chi connectivity index (χ3v) is 4.95. The van der Waals surface area contributed by atoms with Gasteiger partial charge in [-0.2, -0.15) is 4.98 Å². The molecule has 0 bridgehead atoms. The van der Waals surface area contributed by atoms with Crippen LogP contribution in [-0.4, -0.2) is 32.3 Å². The normalized spacial score (nSPS) is 21.5. The number of hydrogen-bond donors (Lipinski definition) is 1. The summed E-state index contributed by atoms with van der Waals surface area (Å²) in [4.78, 5) is 18.2. The van der Waals surface area contributed by atoms with E-state index in [-0.39, 0.29) is 0 Å². The Morgan fingerprint density at radius 2 is 2.20 bits per heavy atom. The van der Waals surface area contributed by atoms with Gasteiger partial charge in [0, 0.05) is 30.9 Å². The molecule has 25 heavy (non-hydrogen) atoms. The first-order chi connectivity index (χ1) is 12.1. The average Bonchev–Trinajstić information content (AvgIpc) is 3.20. The molecule has 1 fully saturated rings. The van der Waals surface area contributed by atoms with Crippen LogP contribution in [0.25, 0.3) is 11.2 Å². The third-order valence-electron chi connectivity index (χ3n) is 4.95. The van der Waals surface area contributed by atoms with Gasteiger partial charge in [-0.25, -0.2) is 9.97 Å². The van der Waals surface area contributed by atoms with Crippen LogP contribution < -0.4 is 5.32 Å². The fourth-order valence-electron chi connectivity index (χ4n) is 3.59. The van der Waals surface area contributed by atoms with Crippen molar-refractivity contribution in [3.8, 4) is 0 Å². The average molecular weight is 340 g/mol. The quantitative estimate of drug-likeness (QED) is 0.796. The number of aromatic nitrogens is 4. The first-order valence-corrected chi connectivity index (χ1v) is 9.21. The molecule has 2 aromatic rings. The predicted octanol–water partition coefficient (Wildman–Crippen LogP) is 4.29. The summed E-state index contributed by atoms with van der Waals surface area (Å²) >= 11 is 0. The third kappa shape index (κ3) is 3.89. The second kappa shape index (κ2) is 7.76. The number of hydrogen-bond acceptors (Lipinski definition) is 5. The molecule has 0 amide bonds. The number of nitrogens with one attached hydrogen (secondary N) is 1. The Morgan fingerprint density at radius 1 is 1.36 bits per heavy atom. The van der Waals surface area contributed by atoms with E-state index in [1.54, 1.807) is 0 Å². The fourth-order valence-corrected chi connectivity index (χ4v) is 3.59. The maximum Gasteiger partial charge on any atom is 0.225 e. The number of nitrogens with zero attached hydrogens (tertiary/aromatic N) is 5. The molecule has 0 aromatic carbocycles. The summed E-state index contributed by atoms with van der Waals surface area (Å²) in [6.45, 7) is 9.03. The van der Waals surface area contributed by atoms with Gasteiger partial charge in [0.15, 0.2) is 5.65 Å². The molecule has 0 radical (unpaired) electrons. The molecule has 0 spiro atoms. The molecule has 2 unspecified atom stereocenters. The summed E-state index contributed by atoms with van der Waals surface area (Å²) in [7, 11) is 0. The topological polar surface area (TPSA) is 68.0 Å². The molecule has 0 saturated heterocycles. The summed E-state index contributed by atoms with van der Waals surface area (Å²) in [5, 5.41) is 3.34. The number of aryl methyl sites for hydroxylation is 1. The van der Waals surface area contributed by atoms with Crippen LogP contribution in [0.15, 0.2) is 23.1 Å². The van der Waals surface area contributed by atoms with Crippen molar-refractivity contribution in [2.75, 3.05) is 11.9 Å².